The number of amides is 2. The molecule has 0 unspecified atom stereocenters. The summed E-state index contributed by atoms with van der Waals surface area (Å²) in [6.45, 7) is 0. The number of primary amides is 1. The smallest absolute Gasteiger partial charge is 0.265 e. The zero-order valence-electron chi connectivity index (χ0n) is 15.3. The molecule has 0 bridgehead atoms. The van der Waals surface area contributed by atoms with Gasteiger partial charge in [0, 0.05) is 33.9 Å². The molecule has 2 amide bonds. The van der Waals surface area contributed by atoms with Gasteiger partial charge in [-0.1, -0.05) is 15.9 Å². The maximum Gasteiger partial charge on any atom is 0.265 e. The summed E-state index contributed by atoms with van der Waals surface area (Å²) in [5.74, 6) is 0.126. The molecular formula is C20H14BrN5O3S. The summed E-state index contributed by atoms with van der Waals surface area (Å²) in [5, 5.41) is 4.93. The number of carbonyl (C=O) groups is 2. The highest BCUT2D eigenvalue weighted by Gasteiger charge is 2.13. The Balaban J connectivity index is 1.40. The van der Waals surface area contributed by atoms with Crippen molar-refractivity contribution in [1.29, 1.82) is 0 Å². The Morgan fingerprint density at radius 1 is 1.17 bits per heavy atom. The first-order valence-electron chi connectivity index (χ1n) is 8.63. The molecule has 4 rings (SSSR count). The Morgan fingerprint density at radius 2 is 1.97 bits per heavy atom. The Bertz CT molecular complexity index is 1200. The number of ether oxygens (including phenoxy) is 1. The van der Waals surface area contributed by atoms with Crippen LogP contribution >= 0.6 is 27.3 Å². The molecule has 0 spiro atoms. The number of nitrogens with two attached hydrogens (primary N) is 1. The molecule has 4 aromatic rings. The minimum atomic E-state index is -0.551. The largest absolute Gasteiger partial charge is 0.439 e. The summed E-state index contributed by atoms with van der Waals surface area (Å²) < 4.78 is 6.60. The Morgan fingerprint density at radius 3 is 2.63 bits per heavy atom. The lowest BCUT2D eigenvalue weighted by Crippen LogP contribution is -2.12. The topological polar surface area (TPSA) is 123 Å². The number of carbonyl (C=O) groups excluding carboxylic acids is 2. The van der Waals surface area contributed by atoms with Crippen molar-refractivity contribution in [2.75, 3.05) is 5.32 Å². The Kier molecular flexibility index (Phi) is 5.59. The minimum absolute atomic E-state index is 0.292. The second-order valence-corrected chi connectivity index (χ2v) is 7.87. The fourth-order valence-electron chi connectivity index (χ4n) is 2.52. The van der Waals surface area contributed by atoms with E-state index in [4.69, 9.17) is 10.5 Å². The molecule has 1 aromatic carbocycles. The standard InChI is InChI=1S/C20H14BrN5O3S/c21-13-2-4-14(5-3-13)29-17-6-1-11(8-24-17)19(28)26-20-25-16(10-30-20)12-7-15(18(22)27)23-9-12/h1-10,23H,(H2,22,27)(H,25,26,28). The van der Waals surface area contributed by atoms with E-state index < -0.39 is 5.91 Å². The van der Waals surface area contributed by atoms with Crippen LogP contribution in [0.3, 0.4) is 0 Å². The number of halogens is 1. The minimum Gasteiger partial charge on any atom is -0.439 e. The third-order valence-electron chi connectivity index (χ3n) is 4.00. The summed E-state index contributed by atoms with van der Waals surface area (Å²) in [7, 11) is 0. The number of hydrogen-bond acceptors (Lipinski definition) is 6. The molecule has 0 aliphatic rings. The van der Waals surface area contributed by atoms with Crippen molar-refractivity contribution in [3.63, 3.8) is 0 Å². The van der Waals surface area contributed by atoms with Crippen LogP contribution in [-0.4, -0.2) is 26.8 Å². The first-order valence-corrected chi connectivity index (χ1v) is 10.3. The highest BCUT2D eigenvalue weighted by Crippen LogP contribution is 2.26. The SMILES string of the molecule is NC(=O)c1cc(-c2csc(NC(=O)c3ccc(Oc4ccc(Br)cc4)nc3)n2)c[nH]1. The summed E-state index contributed by atoms with van der Waals surface area (Å²) in [4.78, 5) is 35.0. The van der Waals surface area contributed by atoms with Gasteiger partial charge >= 0.3 is 0 Å². The quantitative estimate of drug-likeness (QED) is 0.374. The molecule has 3 heterocycles. The summed E-state index contributed by atoms with van der Waals surface area (Å²) in [6, 6.07) is 12.2. The monoisotopic (exact) mass is 483 g/mol. The second kappa shape index (κ2) is 8.47. The van der Waals surface area contributed by atoms with E-state index in [2.05, 4.69) is 36.2 Å². The molecule has 0 aliphatic carbocycles. The predicted octanol–water partition coefficient (Wildman–Crippen LogP) is 4.44. The number of nitrogens with zero attached hydrogens (tertiary/aromatic N) is 2. The van der Waals surface area contributed by atoms with Gasteiger partial charge in [-0.15, -0.1) is 11.3 Å². The van der Waals surface area contributed by atoms with E-state index in [1.165, 1.54) is 17.5 Å². The van der Waals surface area contributed by atoms with Crippen LogP contribution in [0, 0.1) is 0 Å². The predicted molar refractivity (Wildman–Crippen MR) is 117 cm³/mol. The molecule has 0 radical (unpaired) electrons. The highest BCUT2D eigenvalue weighted by molar-refractivity contribution is 9.10. The number of anilines is 1. The highest BCUT2D eigenvalue weighted by atomic mass is 79.9. The van der Waals surface area contributed by atoms with Crippen molar-refractivity contribution in [2.24, 2.45) is 5.73 Å². The lowest BCUT2D eigenvalue weighted by molar-refractivity contribution is 0.0994. The molecule has 30 heavy (non-hydrogen) atoms. The maximum absolute atomic E-state index is 12.5. The molecular weight excluding hydrogens is 470 g/mol. The van der Waals surface area contributed by atoms with Crippen molar-refractivity contribution >= 4 is 44.2 Å². The maximum atomic E-state index is 12.5. The number of nitrogens with one attached hydrogen (secondary N) is 2. The van der Waals surface area contributed by atoms with E-state index in [0.29, 0.717) is 39.3 Å². The van der Waals surface area contributed by atoms with E-state index in [1.807, 2.05) is 24.3 Å². The molecule has 3 aromatic heterocycles. The van der Waals surface area contributed by atoms with Gasteiger partial charge in [0.2, 0.25) is 5.88 Å². The van der Waals surface area contributed by atoms with Crippen LogP contribution in [0.5, 0.6) is 11.6 Å². The van der Waals surface area contributed by atoms with E-state index in [0.717, 1.165) is 4.47 Å². The van der Waals surface area contributed by atoms with Gasteiger partial charge in [-0.3, -0.25) is 14.9 Å². The summed E-state index contributed by atoms with van der Waals surface area (Å²) in [5.41, 5.74) is 7.22. The number of benzene rings is 1. The first kappa shape index (κ1) is 19.8. The van der Waals surface area contributed by atoms with Gasteiger partial charge < -0.3 is 15.5 Å². The molecule has 10 heteroatoms. The molecule has 0 fully saturated rings. The average molecular weight is 484 g/mol. The van der Waals surface area contributed by atoms with Gasteiger partial charge in [-0.2, -0.15) is 0 Å². The van der Waals surface area contributed by atoms with Crippen LogP contribution in [0.15, 0.2) is 64.7 Å². The second-order valence-electron chi connectivity index (χ2n) is 6.10. The van der Waals surface area contributed by atoms with Crippen LogP contribution < -0.4 is 15.8 Å². The third-order valence-corrected chi connectivity index (χ3v) is 5.29. The lowest BCUT2D eigenvalue weighted by atomic mass is 10.2. The van der Waals surface area contributed by atoms with Crippen molar-refractivity contribution in [3.8, 4) is 22.9 Å². The molecule has 0 aliphatic heterocycles. The van der Waals surface area contributed by atoms with Crippen LogP contribution in [0.1, 0.15) is 20.8 Å². The number of rotatable bonds is 6. The van der Waals surface area contributed by atoms with E-state index in [-0.39, 0.29) is 5.91 Å². The van der Waals surface area contributed by atoms with Gasteiger partial charge in [0.1, 0.15) is 11.4 Å². The molecule has 0 saturated carbocycles. The fraction of sp³-hybridized carbons (Fsp3) is 0. The molecule has 4 N–H and O–H groups in total. The first-order chi connectivity index (χ1) is 14.5. The number of H-pyrrole nitrogens is 1. The normalized spacial score (nSPS) is 10.6. The summed E-state index contributed by atoms with van der Waals surface area (Å²) >= 11 is 4.63. The number of aromatic nitrogens is 3. The van der Waals surface area contributed by atoms with Gasteiger partial charge in [0.25, 0.3) is 11.8 Å². The Labute approximate surface area is 183 Å². The number of aromatic amines is 1. The van der Waals surface area contributed by atoms with Crippen LogP contribution in [0.25, 0.3) is 11.3 Å². The van der Waals surface area contributed by atoms with Crippen molar-refractivity contribution in [1.82, 2.24) is 15.0 Å². The van der Waals surface area contributed by atoms with Crippen molar-refractivity contribution < 1.29 is 14.3 Å². The van der Waals surface area contributed by atoms with E-state index in [9.17, 15) is 9.59 Å². The van der Waals surface area contributed by atoms with Crippen molar-refractivity contribution in [3.05, 3.63) is 76.0 Å². The molecule has 150 valence electrons. The average Bonchev–Trinajstić information content (AvgIpc) is 3.40. The number of thiazole rings is 1. The number of hydrogen-bond donors (Lipinski definition) is 3. The van der Waals surface area contributed by atoms with Crippen LogP contribution in [0.4, 0.5) is 5.13 Å². The van der Waals surface area contributed by atoms with Gasteiger partial charge in [-0.05, 0) is 36.4 Å². The van der Waals surface area contributed by atoms with Crippen LogP contribution in [-0.2, 0) is 0 Å². The third kappa shape index (κ3) is 4.56. The molecule has 0 atom stereocenters. The fourth-order valence-corrected chi connectivity index (χ4v) is 3.49. The van der Waals surface area contributed by atoms with Gasteiger partial charge in [0.05, 0.1) is 11.3 Å². The van der Waals surface area contributed by atoms with Crippen LogP contribution in [0.2, 0.25) is 0 Å². The zero-order valence-corrected chi connectivity index (χ0v) is 17.7. The number of pyridine rings is 1. The Hall–Kier alpha value is -3.50. The summed E-state index contributed by atoms with van der Waals surface area (Å²) in [6.07, 6.45) is 3.07. The molecule has 8 nitrogen and oxygen atoms in total. The lowest BCUT2D eigenvalue weighted by Gasteiger charge is -2.06. The van der Waals surface area contributed by atoms with Gasteiger partial charge in [0.15, 0.2) is 5.13 Å². The van der Waals surface area contributed by atoms with Gasteiger partial charge in [-0.25, -0.2) is 9.97 Å². The van der Waals surface area contributed by atoms with Crippen molar-refractivity contribution in [2.45, 2.75) is 0 Å². The zero-order chi connectivity index (χ0) is 21.1. The molecule has 0 saturated heterocycles. The van der Waals surface area contributed by atoms with E-state index >= 15 is 0 Å². The van der Waals surface area contributed by atoms with E-state index in [1.54, 1.807) is 29.8 Å².